The van der Waals surface area contributed by atoms with Crippen molar-refractivity contribution in [2.75, 3.05) is 0 Å². The summed E-state index contributed by atoms with van der Waals surface area (Å²) in [6.45, 7) is 19.0. The number of rotatable bonds is 4. The second-order valence-corrected chi connectivity index (χ2v) is 8.82. The van der Waals surface area contributed by atoms with Gasteiger partial charge >= 0.3 is 5.97 Å². The minimum atomic E-state index is -0.161. The van der Waals surface area contributed by atoms with E-state index in [-0.39, 0.29) is 22.9 Å². The van der Waals surface area contributed by atoms with E-state index >= 15 is 0 Å². The number of hydrogen-bond acceptors (Lipinski definition) is 2. The van der Waals surface area contributed by atoms with Crippen LogP contribution in [-0.2, 0) is 9.53 Å². The molecule has 2 aliphatic carbocycles. The van der Waals surface area contributed by atoms with Crippen LogP contribution in [0.25, 0.3) is 0 Å². The maximum atomic E-state index is 11.5. The Hall–Kier alpha value is -1.31. The lowest BCUT2D eigenvalue weighted by Crippen LogP contribution is -2.53. The fraction of sp³-hybridized carbons (Fsp3) is 0.682. The van der Waals surface area contributed by atoms with Crippen molar-refractivity contribution >= 4 is 5.97 Å². The van der Waals surface area contributed by atoms with Crippen molar-refractivity contribution in [2.24, 2.45) is 22.7 Å². The second-order valence-electron chi connectivity index (χ2n) is 8.82. The number of carbonyl (C=O) groups is 1. The van der Waals surface area contributed by atoms with E-state index in [1.54, 1.807) is 0 Å². The van der Waals surface area contributed by atoms with Gasteiger partial charge in [-0.25, -0.2) is 0 Å². The minimum Gasteiger partial charge on any atom is -0.463 e. The highest BCUT2D eigenvalue weighted by molar-refractivity contribution is 5.66. The molecule has 0 heterocycles. The molecule has 0 aliphatic heterocycles. The fourth-order valence-corrected chi connectivity index (χ4v) is 5.54. The van der Waals surface area contributed by atoms with Crippen LogP contribution in [0, 0.1) is 22.7 Å². The summed E-state index contributed by atoms with van der Waals surface area (Å²) in [4.78, 5) is 11.5. The van der Waals surface area contributed by atoms with Gasteiger partial charge in [-0.1, -0.05) is 57.2 Å². The second kappa shape index (κ2) is 6.90. The summed E-state index contributed by atoms with van der Waals surface area (Å²) in [7, 11) is 0. The molecule has 2 saturated carbocycles. The first-order chi connectivity index (χ1) is 11.1. The summed E-state index contributed by atoms with van der Waals surface area (Å²) < 4.78 is 5.67. The standard InChI is InChI=1S/C22H34O2/c1-8-15(2)9-11-19-16(3)10-12-20-21(5,6)13-18(24-17(4)23)14-22(19,20)7/h8-9,18-20H,1,3,10-14H2,2,4-7H3. The molecule has 0 aromatic heterocycles. The Labute approximate surface area is 148 Å². The Bertz CT molecular complexity index is 554. The summed E-state index contributed by atoms with van der Waals surface area (Å²) in [5.74, 6) is 0.931. The first kappa shape index (κ1) is 19.0. The molecule has 0 amide bonds. The smallest absolute Gasteiger partial charge is 0.302 e. The first-order valence-corrected chi connectivity index (χ1v) is 9.24. The molecule has 0 bridgehead atoms. The number of hydrogen-bond donors (Lipinski definition) is 0. The van der Waals surface area contributed by atoms with E-state index in [9.17, 15) is 4.79 Å². The van der Waals surface area contributed by atoms with Crippen LogP contribution < -0.4 is 0 Å². The number of esters is 1. The molecule has 24 heavy (non-hydrogen) atoms. The highest BCUT2D eigenvalue weighted by Gasteiger charge is 2.55. The van der Waals surface area contributed by atoms with Crippen molar-refractivity contribution < 1.29 is 9.53 Å². The number of fused-ring (bicyclic) bond motifs is 1. The third kappa shape index (κ3) is 3.68. The molecule has 2 heteroatoms. The van der Waals surface area contributed by atoms with Gasteiger partial charge in [0.05, 0.1) is 0 Å². The topological polar surface area (TPSA) is 26.3 Å². The van der Waals surface area contributed by atoms with E-state index in [4.69, 9.17) is 4.74 Å². The van der Waals surface area contributed by atoms with E-state index in [0.717, 1.165) is 25.7 Å². The van der Waals surface area contributed by atoms with Crippen LogP contribution in [0.1, 0.15) is 66.7 Å². The molecule has 0 radical (unpaired) electrons. The van der Waals surface area contributed by atoms with E-state index in [1.165, 1.54) is 24.5 Å². The summed E-state index contributed by atoms with van der Waals surface area (Å²) in [5, 5.41) is 0. The van der Waals surface area contributed by atoms with Gasteiger partial charge in [-0.3, -0.25) is 4.79 Å². The molecule has 4 unspecified atom stereocenters. The molecular formula is C22H34O2. The highest BCUT2D eigenvalue weighted by atomic mass is 16.5. The van der Waals surface area contributed by atoms with Crippen molar-refractivity contribution in [3.63, 3.8) is 0 Å². The van der Waals surface area contributed by atoms with E-state index in [0.29, 0.717) is 11.8 Å². The highest BCUT2D eigenvalue weighted by Crippen LogP contribution is 2.62. The molecule has 0 spiro atoms. The molecule has 4 atom stereocenters. The third-order valence-corrected chi connectivity index (χ3v) is 6.53. The van der Waals surface area contributed by atoms with E-state index in [1.807, 2.05) is 6.08 Å². The van der Waals surface area contributed by atoms with Gasteiger partial charge in [-0.2, -0.15) is 0 Å². The van der Waals surface area contributed by atoms with E-state index < -0.39 is 0 Å². The Morgan fingerprint density at radius 2 is 1.96 bits per heavy atom. The molecule has 0 N–H and O–H groups in total. The van der Waals surface area contributed by atoms with Gasteiger partial charge in [0.15, 0.2) is 0 Å². The van der Waals surface area contributed by atoms with Gasteiger partial charge in [0.2, 0.25) is 0 Å². The van der Waals surface area contributed by atoms with Crippen LogP contribution in [0.4, 0.5) is 0 Å². The summed E-state index contributed by atoms with van der Waals surface area (Å²) in [6, 6.07) is 0. The first-order valence-electron chi connectivity index (χ1n) is 9.24. The average molecular weight is 331 g/mol. The van der Waals surface area contributed by atoms with E-state index in [2.05, 4.69) is 46.9 Å². The average Bonchev–Trinajstić information content (AvgIpc) is 2.43. The zero-order valence-electron chi connectivity index (χ0n) is 16.2. The quantitative estimate of drug-likeness (QED) is 0.367. The Balaban J connectivity index is 2.35. The van der Waals surface area contributed by atoms with Gasteiger partial charge in [-0.15, -0.1) is 0 Å². The fourth-order valence-electron chi connectivity index (χ4n) is 5.54. The van der Waals surface area contributed by atoms with Gasteiger partial charge in [-0.05, 0) is 61.7 Å². The summed E-state index contributed by atoms with van der Waals surface area (Å²) in [6.07, 6.45) is 9.47. The molecule has 0 saturated heterocycles. The molecule has 2 nitrogen and oxygen atoms in total. The molecule has 0 aromatic rings. The maximum absolute atomic E-state index is 11.5. The zero-order valence-corrected chi connectivity index (χ0v) is 16.2. The van der Waals surface area contributed by atoms with Crippen LogP contribution in [-0.4, -0.2) is 12.1 Å². The normalized spacial score (nSPS) is 36.0. The Morgan fingerprint density at radius 1 is 1.29 bits per heavy atom. The zero-order chi connectivity index (χ0) is 18.1. The molecular weight excluding hydrogens is 296 g/mol. The van der Waals surface area contributed by atoms with Crippen molar-refractivity contribution in [2.45, 2.75) is 72.8 Å². The van der Waals surface area contributed by atoms with Crippen LogP contribution in [0.2, 0.25) is 0 Å². The lowest BCUT2D eigenvalue weighted by molar-refractivity contribution is -0.162. The van der Waals surface area contributed by atoms with Crippen molar-refractivity contribution in [3.05, 3.63) is 36.5 Å². The van der Waals surface area contributed by atoms with Crippen LogP contribution >= 0.6 is 0 Å². The van der Waals surface area contributed by atoms with Crippen molar-refractivity contribution in [1.29, 1.82) is 0 Å². The monoisotopic (exact) mass is 330 g/mol. The Morgan fingerprint density at radius 3 is 2.54 bits per heavy atom. The molecule has 0 aromatic carbocycles. The van der Waals surface area contributed by atoms with Gasteiger partial charge in [0.25, 0.3) is 0 Å². The summed E-state index contributed by atoms with van der Waals surface area (Å²) >= 11 is 0. The SMILES string of the molecule is C=CC(C)=CCC1C(=C)CCC2C(C)(C)CC(OC(C)=O)CC12C. The lowest BCUT2D eigenvalue weighted by atomic mass is 9.46. The van der Waals surface area contributed by atoms with Gasteiger partial charge in [0, 0.05) is 6.92 Å². The number of ether oxygens (including phenoxy) is 1. The van der Waals surface area contributed by atoms with Crippen molar-refractivity contribution in [3.8, 4) is 0 Å². The molecule has 2 aliphatic rings. The molecule has 134 valence electrons. The predicted octanol–water partition coefficient (Wildman–Crippen LogP) is 5.85. The minimum absolute atomic E-state index is 0.0247. The third-order valence-electron chi connectivity index (χ3n) is 6.53. The molecule has 2 rings (SSSR count). The number of carbonyl (C=O) groups excluding carboxylic acids is 1. The van der Waals surface area contributed by atoms with Crippen LogP contribution in [0.5, 0.6) is 0 Å². The maximum Gasteiger partial charge on any atom is 0.302 e. The Kier molecular flexibility index (Phi) is 5.47. The molecule has 2 fully saturated rings. The van der Waals surface area contributed by atoms with Crippen LogP contribution in [0.3, 0.4) is 0 Å². The number of allylic oxidation sites excluding steroid dienone is 4. The van der Waals surface area contributed by atoms with Crippen LogP contribution in [0.15, 0.2) is 36.5 Å². The largest absolute Gasteiger partial charge is 0.463 e. The predicted molar refractivity (Wildman–Crippen MR) is 101 cm³/mol. The lowest BCUT2D eigenvalue weighted by Gasteiger charge is -2.59. The summed E-state index contributed by atoms with van der Waals surface area (Å²) in [5.41, 5.74) is 2.90. The van der Waals surface area contributed by atoms with Gasteiger partial charge < -0.3 is 4.74 Å². The van der Waals surface area contributed by atoms with Gasteiger partial charge in [0.1, 0.15) is 6.10 Å². The van der Waals surface area contributed by atoms with Crippen molar-refractivity contribution in [1.82, 2.24) is 0 Å².